The molecular formula is C25H19Cl2NO3. The van der Waals surface area contributed by atoms with E-state index >= 15 is 0 Å². The second-order valence-corrected chi connectivity index (χ2v) is 7.36. The summed E-state index contributed by atoms with van der Waals surface area (Å²) in [5.74, 6) is 0.722. The zero-order chi connectivity index (χ0) is 22.2. The van der Waals surface area contributed by atoms with Crippen LogP contribution in [0.1, 0.15) is 28.4 Å². The van der Waals surface area contributed by atoms with E-state index in [1.807, 2.05) is 25.1 Å². The van der Waals surface area contributed by atoms with E-state index in [9.17, 15) is 10.1 Å². The predicted molar refractivity (Wildman–Crippen MR) is 123 cm³/mol. The molecule has 3 rings (SSSR count). The fraction of sp³-hybridized carbons (Fsp3) is 0.120. The van der Waals surface area contributed by atoms with Crippen molar-refractivity contribution in [2.45, 2.75) is 13.5 Å². The number of carbonyl (C=O) groups excluding carboxylic acids is 1. The minimum atomic E-state index is -0.332. The van der Waals surface area contributed by atoms with Gasteiger partial charge in [0.1, 0.15) is 18.2 Å². The highest BCUT2D eigenvalue weighted by atomic mass is 35.5. The van der Waals surface area contributed by atoms with E-state index in [1.165, 1.54) is 0 Å². The molecule has 0 aliphatic carbocycles. The molecule has 3 aromatic carbocycles. The lowest BCUT2D eigenvalue weighted by Crippen LogP contribution is -2.02. The Morgan fingerprint density at radius 2 is 1.74 bits per heavy atom. The molecule has 0 atom stereocenters. The van der Waals surface area contributed by atoms with Crippen molar-refractivity contribution in [3.63, 3.8) is 0 Å². The summed E-state index contributed by atoms with van der Waals surface area (Å²) in [6.07, 6.45) is 1.54. The van der Waals surface area contributed by atoms with Crippen LogP contribution < -0.4 is 9.47 Å². The summed E-state index contributed by atoms with van der Waals surface area (Å²) in [7, 11) is 0. The number of ether oxygens (including phenoxy) is 2. The summed E-state index contributed by atoms with van der Waals surface area (Å²) in [6, 6.07) is 21.2. The maximum Gasteiger partial charge on any atom is 0.203 e. The topological polar surface area (TPSA) is 59.3 Å². The van der Waals surface area contributed by atoms with Crippen molar-refractivity contribution in [1.29, 1.82) is 5.26 Å². The molecule has 0 bridgehead atoms. The molecule has 0 aromatic heterocycles. The van der Waals surface area contributed by atoms with Crippen LogP contribution in [0, 0.1) is 11.3 Å². The zero-order valence-electron chi connectivity index (χ0n) is 16.8. The van der Waals surface area contributed by atoms with Gasteiger partial charge >= 0.3 is 0 Å². The Morgan fingerprint density at radius 1 is 0.968 bits per heavy atom. The zero-order valence-corrected chi connectivity index (χ0v) is 18.3. The Morgan fingerprint density at radius 3 is 2.42 bits per heavy atom. The molecule has 0 saturated heterocycles. The van der Waals surface area contributed by atoms with Crippen molar-refractivity contribution in [2.75, 3.05) is 6.61 Å². The van der Waals surface area contributed by atoms with Crippen LogP contribution in [0.3, 0.4) is 0 Å². The Hall–Kier alpha value is -3.26. The van der Waals surface area contributed by atoms with Gasteiger partial charge in [-0.2, -0.15) is 5.26 Å². The molecule has 156 valence electrons. The number of nitriles is 1. The van der Waals surface area contributed by atoms with Gasteiger partial charge in [-0.25, -0.2) is 0 Å². The van der Waals surface area contributed by atoms with Crippen molar-refractivity contribution in [3.8, 4) is 17.6 Å². The van der Waals surface area contributed by atoms with E-state index in [0.717, 1.165) is 5.56 Å². The molecule has 0 amide bonds. The number of benzene rings is 3. The Kier molecular flexibility index (Phi) is 7.72. The lowest BCUT2D eigenvalue weighted by molar-refractivity contribution is 0.104. The summed E-state index contributed by atoms with van der Waals surface area (Å²) >= 11 is 12.0. The molecule has 0 unspecified atom stereocenters. The number of nitrogens with zero attached hydrogens (tertiary/aromatic N) is 1. The smallest absolute Gasteiger partial charge is 0.203 e. The van der Waals surface area contributed by atoms with Gasteiger partial charge in [-0.05, 0) is 48.4 Å². The van der Waals surface area contributed by atoms with Gasteiger partial charge in [0.15, 0.2) is 11.5 Å². The molecule has 0 fully saturated rings. The average Bonchev–Trinajstić information content (AvgIpc) is 2.79. The fourth-order valence-electron chi connectivity index (χ4n) is 2.85. The first-order valence-corrected chi connectivity index (χ1v) is 10.3. The van der Waals surface area contributed by atoms with Gasteiger partial charge in [-0.15, -0.1) is 0 Å². The lowest BCUT2D eigenvalue weighted by atomic mass is 10.0. The first-order chi connectivity index (χ1) is 15.0. The van der Waals surface area contributed by atoms with Gasteiger partial charge in [-0.3, -0.25) is 4.79 Å². The van der Waals surface area contributed by atoms with Gasteiger partial charge in [0, 0.05) is 5.56 Å². The van der Waals surface area contributed by atoms with Crippen molar-refractivity contribution in [1.82, 2.24) is 0 Å². The molecule has 31 heavy (non-hydrogen) atoms. The van der Waals surface area contributed by atoms with Gasteiger partial charge in [0.05, 0.1) is 16.7 Å². The van der Waals surface area contributed by atoms with Crippen LogP contribution in [0.4, 0.5) is 0 Å². The summed E-state index contributed by atoms with van der Waals surface area (Å²) < 4.78 is 11.6. The number of rotatable bonds is 8. The number of hydrogen-bond donors (Lipinski definition) is 0. The molecule has 0 N–H and O–H groups in total. The van der Waals surface area contributed by atoms with Crippen molar-refractivity contribution in [2.24, 2.45) is 0 Å². The van der Waals surface area contributed by atoms with Crippen molar-refractivity contribution in [3.05, 3.63) is 99.0 Å². The van der Waals surface area contributed by atoms with Crippen LogP contribution >= 0.6 is 23.2 Å². The minimum Gasteiger partial charge on any atom is -0.490 e. The summed E-state index contributed by atoms with van der Waals surface area (Å²) in [4.78, 5) is 12.6. The molecule has 0 saturated carbocycles. The number of hydrogen-bond acceptors (Lipinski definition) is 4. The van der Waals surface area contributed by atoms with Crippen molar-refractivity contribution >= 4 is 35.1 Å². The highest BCUT2D eigenvalue weighted by Crippen LogP contribution is 2.31. The molecule has 0 heterocycles. The van der Waals surface area contributed by atoms with E-state index in [1.54, 1.807) is 60.7 Å². The highest BCUT2D eigenvalue weighted by Gasteiger charge is 2.13. The third-order valence-corrected chi connectivity index (χ3v) is 5.10. The third-order valence-electron chi connectivity index (χ3n) is 4.36. The van der Waals surface area contributed by atoms with Crippen LogP contribution in [0.25, 0.3) is 6.08 Å². The first kappa shape index (κ1) is 22.4. The van der Waals surface area contributed by atoms with Gasteiger partial charge in [0.2, 0.25) is 5.78 Å². The van der Waals surface area contributed by atoms with Crippen LogP contribution in [0.15, 0.2) is 72.3 Å². The minimum absolute atomic E-state index is 0.0399. The monoisotopic (exact) mass is 451 g/mol. The van der Waals surface area contributed by atoms with Crippen LogP contribution in [-0.2, 0) is 6.61 Å². The van der Waals surface area contributed by atoms with Crippen LogP contribution in [-0.4, -0.2) is 12.4 Å². The number of ketones is 1. The summed E-state index contributed by atoms with van der Waals surface area (Å²) in [6.45, 7) is 2.58. The van der Waals surface area contributed by atoms with E-state index in [-0.39, 0.29) is 18.0 Å². The van der Waals surface area contributed by atoms with Crippen LogP contribution in [0.5, 0.6) is 11.5 Å². The largest absolute Gasteiger partial charge is 0.490 e. The normalized spacial score (nSPS) is 11.0. The first-order valence-electron chi connectivity index (χ1n) is 9.57. The average molecular weight is 452 g/mol. The highest BCUT2D eigenvalue weighted by molar-refractivity contribution is 6.42. The molecule has 0 aliphatic rings. The van der Waals surface area contributed by atoms with E-state index in [0.29, 0.717) is 39.3 Å². The third kappa shape index (κ3) is 5.88. The maximum atomic E-state index is 12.6. The number of halogens is 2. The molecular weight excluding hydrogens is 433 g/mol. The van der Waals surface area contributed by atoms with Gasteiger partial charge in [0.25, 0.3) is 0 Å². The fourth-order valence-corrected chi connectivity index (χ4v) is 3.17. The molecule has 6 heteroatoms. The molecule has 0 radical (unpaired) electrons. The van der Waals surface area contributed by atoms with Gasteiger partial charge in [-0.1, -0.05) is 65.7 Å². The number of Topliss-reactive ketones (excluding diaryl/α,β-unsaturated/α-hetero) is 1. The second-order valence-electron chi connectivity index (χ2n) is 6.54. The Bertz CT molecular complexity index is 1150. The summed E-state index contributed by atoms with van der Waals surface area (Å²) in [5, 5.41) is 10.4. The Balaban J connectivity index is 1.83. The van der Waals surface area contributed by atoms with E-state index in [4.69, 9.17) is 32.7 Å². The maximum absolute atomic E-state index is 12.6. The van der Waals surface area contributed by atoms with Crippen LogP contribution in [0.2, 0.25) is 10.0 Å². The standard InChI is InChI=1S/C25H19Cl2NO3/c1-2-30-24-14-17(12-20(15-28)25(29)19-6-4-3-5-7-19)9-11-23(24)31-16-18-8-10-21(26)22(27)13-18/h3-14H,2,16H2,1H3/b20-12+. The molecule has 4 nitrogen and oxygen atoms in total. The molecule has 0 spiro atoms. The number of allylic oxidation sites excluding steroid dienone is 1. The Labute approximate surface area is 191 Å². The summed E-state index contributed by atoms with van der Waals surface area (Å²) in [5.41, 5.74) is 2.02. The van der Waals surface area contributed by atoms with E-state index < -0.39 is 0 Å². The quantitative estimate of drug-likeness (QED) is 0.215. The molecule has 0 aliphatic heterocycles. The lowest BCUT2D eigenvalue weighted by Gasteiger charge is -2.13. The molecule has 3 aromatic rings. The second kappa shape index (κ2) is 10.7. The predicted octanol–water partition coefficient (Wildman–Crippen LogP) is 6.76. The number of carbonyl (C=O) groups is 1. The van der Waals surface area contributed by atoms with Gasteiger partial charge < -0.3 is 9.47 Å². The SMILES string of the molecule is CCOc1cc(/C=C(\C#N)C(=O)c2ccccc2)ccc1OCc1ccc(Cl)c(Cl)c1. The van der Waals surface area contributed by atoms with Crippen molar-refractivity contribution < 1.29 is 14.3 Å². The van der Waals surface area contributed by atoms with E-state index in [2.05, 4.69) is 0 Å².